The number of piperidine rings is 1. The molecule has 0 aliphatic carbocycles. The van der Waals surface area contributed by atoms with Crippen molar-refractivity contribution in [2.75, 3.05) is 50.8 Å². The maximum absolute atomic E-state index is 11.0. The van der Waals surface area contributed by atoms with Crippen LogP contribution < -0.4 is 15.0 Å². The summed E-state index contributed by atoms with van der Waals surface area (Å²) in [5, 5.41) is 14.4. The topological polar surface area (TPSA) is 73.8 Å². The van der Waals surface area contributed by atoms with E-state index in [0.717, 1.165) is 43.4 Å². The standard InChI is InChI=1S/C24H35N5O2/c1-20-14-23(27-19-26-20)29-11-8-24(30,18-29)17-25-16-21-6-5-7-22(15-21)31-13-12-28-9-3-2-4-10-28/h5-7,14-15,19,25,30H,2-4,8-13,16-18H2,1H3. The Balaban J connectivity index is 1.21. The van der Waals surface area contributed by atoms with Gasteiger partial charge in [0.2, 0.25) is 0 Å². The zero-order valence-electron chi connectivity index (χ0n) is 18.6. The highest BCUT2D eigenvalue weighted by Crippen LogP contribution is 2.25. The molecule has 0 spiro atoms. The average Bonchev–Trinajstić information content (AvgIpc) is 3.17. The number of nitrogens with one attached hydrogen (secondary N) is 1. The smallest absolute Gasteiger partial charge is 0.132 e. The van der Waals surface area contributed by atoms with Crippen molar-refractivity contribution in [2.24, 2.45) is 0 Å². The average molecular weight is 426 g/mol. The summed E-state index contributed by atoms with van der Waals surface area (Å²) in [4.78, 5) is 13.1. The number of β-amino-alcohol motifs (C(OH)–C–C–N with tert-alkyl or cyclic N) is 1. The van der Waals surface area contributed by atoms with Gasteiger partial charge in [0.05, 0.1) is 5.60 Å². The molecule has 1 aromatic carbocycles. The van der Waals surface area contributed by atoms with Gasteiger partial charge in [-0.2, -0.15) is 0 Å². The predicted octanol–water partition coefficient (Wildman–Crippen LogP) is 2.38. The van der Waals surface area contributed by atoms with E-state index in [9.17, 15) is 5.11 Å². The van der Waals surface area contributed by atoms with Crippen LogP contribution in [0.4, 0.5) is 5.82 Å². The molecule has 2 aliphatic heterocycles. The van der Waals surface area contributed by atoms with Gasteiger partial charge >= 0.3 is 0 Å². The van der Waals surface area contributed by atoms with Gasteiger partial charge in [-0.3, -0.25) is 4.90 Å². The number of benzene rings is 1. The van der Waals surface area contributed by atoms with Crippen LogP contribution in [0.5, 0.6) is 5.75 Å². The lowest BCUT2D eigenvalue weighted by Gasteiger charge is -2.26. The van der Waals surface area contributed by atoms with Gasteiger partial charge in [0.15, 0.2) is 0 Å². The van der Waals surface area contributed by atoms with E-state index < -0.39 is 5.60 Å². The van der Waals surface area contributed by atoms with E-state index in [1.807, 2.05) is 25.1 Å². The molecule has 1 unspecified atom stereocenters. The predicted molar refractivity (Wildman–Crippen MR) is 122 cm³/mol. The van der Waals surface area contributed by atoms with Crippen LogP contribution in [0, 0.1) is 6.92 Å². The normalized spacial score (nSPS) is 22.1. The Hall–Kier alpha value is -2.22. The number of ether oxygens (including phenoxy) is 1. The Morgan fingerprint density at radius 2 is 2.00 bits per heavy atom. The first kappa shape index (κ1) is 22.0. The molecule has 7 heteroatoms. The highest BCUT2D eigenvalue weighted by atomic mass is 16.5. The fourth-order valence-electron chi connectivity index (χ4n) is 4.47. The zero-order valence-corrected chi connectivity index (χ0v) is 18.6. The van der Waals surface area contributed by atoms with Crippen molar-refractivity contribution < 1.29 is 9.84 Å². The summed E-state index contributed by atoms with van der Waals surface area (Å²) in [6, 6.07) is 10.2. The molecule has 4 rings (SSSR count). The Kier molecular flexibility index (Phi) is 7.37. The maximum atomic E-state index is 11.0. The Labute approximate surface area is 185 Å². The molecular weight excluding hydrogens is 390 g/mol. The van der Waals surface area contributed by atoms with Crippen LogP contribution in [0.1, 0.15) is 36.9 Å². The van der Waals surface area contributed by atoms with E-state index in [1.165, 1.54) is 37.9 Å². The minimum absolute atomic E-state index is 0.549. The Morgan fingerprint density at radius 1 is 1.13 bits per heavy atom. The van der Waals surface area contributed by atoms with Gasteiger partial charge in [-0.15, -0.1) is 0 Å². The van der Waals surface area contributed by atoms with Crippen molar-refractivity contribution in [1.82, 2.24) is 20.2 Å². The van der Waals surface area contributed by atoms with E-state index >= 15 is 0 Å². The molecule has 2 saturated heterocycles. The summed E-state index contributed by atoms with van der Waals surface area (Å²) in [6.07, 6.45) is 6.29. The second kappa shape index (κ2) is 10.4. The molecule has 0 radical (unpaired) electrons. The molecule has 1 aromatic heterocycles. The largest absolute Gasteiger partial charge is 0.492 e. The zero-order chi connectivity index (χ0) is 21.5. The van der Waals surface area contributed by atoms with Crippen LogP contribution in [0.3, 0.4) is 0 Å². The number of hydrogen-bond acceptors (Lipinski definition) is 7. The minimum Gasteiger partial charge on any atom is -0.492 e. The lowest BCUT2D eigenvalue weighted by molar-refractivity contribution is 0.0626. The molecule has 2 N–H and O–H groups in total. The van der Waals surface area contributed by atoms with Gasteiger partial charge in [0.1, 0.15) is 24.5 Å². The number of nitrogens with zero attached hydrogens (tertiary/aromatic N) is 4. The van der Waals surface area contributed by atoms with Crippen molar-refractivity contribution in [3.8, 4) is 5.75 Å². The highest BCUT2D eigenvalue weighted by molar-refractivity contribution is 5.41. The fraction of sp³-hybridized carbons (Fsp3) is 0.583. The molecule has 0 amide bonds. The lowest BCUT2D eigenvalue weighted by atomic mass is 10.0. The number of likely N-dealkylation sites (tertiary alicyclic amines) is 1. The molecule has 3 heterocycles. The van der Waals surface area contributed by atoms with Gasteiger partial charge in [-0.1, -0.05) is 18.6 Å². The second-order valence-corrected chi connectivity index (χ2v) is 8.92. The third-order valence-corrected chi connectivity index (χ3v) is 6.25. The van der Waals surface area contributed by atoms with Crippen molar-refractivity contribution >= 4 is 5.82 Å². The van der Waals surface area contributed by atoms with E-state index in [-0.39, 0.29) is 0 Å². The first-order valence-corrected chi connectivity index (χ1v) is 11.5. The van der Waals surface area contributed by atoms with Gasteiger partial charge in [-0.05, 0) is 57.0 Å². The van der Waals surface area contributed by atoms with Crippen LogP contribution in [0.15, 0.2) is 36.7 Å². The number of aromatic nitrogens is 2. The third-order valence-electron chi connectivity index (χ3n) is 6.25. The first-order valence-electron chi connectivity index (χ1n) is 11.5. The quantitative estimate of drug-likeness (QED) is 0.639. The molecule has 168 valence electrons. The van der Waals surface area contributed by atoms with Crippen LogP contribution in [-0.2, 0) is 6.54 Å². The highest BCUT2D eigenvalue weighted by Gasteiger charge is 2.36. The van der Waals surface area contributed by atoms with Crippen LogP contribution in [-0.4, -0.2) is 71.5 Å². The SMILES string of the molecule is Cc1cc(N2CCC(O)(CNCc3cccc(OCCN4CCCCC4)c3)C2)ncn1. The molecule has 7 nitrogen and oxygen atoms in total. The molecule has 2 aromatic rings. The summed E-state index contributed by atoms with van der Waals surface area (Å²) in [6.45, 7) is 8.72. The van der Waals surface area contributed by atoms with Crippen molar-refractivity contribution in [3.05, 3.63) is 47.9 Å². The number of rotatable bonds is 9. The first-order chi connectivity index (χ1) is 15.1. The number of aryl methyl sites for hydroxylation is 1. The number of aliphatic hydroxyl groups is 1. The number of hydrogen-bond donors (Lipinski definition) is 2. The van der Waals surface area contributed by atoms with Crippen LogP contribution in [0.25, 0.3) is 0 Å². The number of anilines is 1. The third kappa shape index (κ3) is 6.38. The van der Waals surface area contributed by atoms with Crippen molar-refractivity contribution in [3.63, 3.8) is 0 Å². The summed E-state index contributed by atoms with van der Waals surface area (Å²) >= 11 is 0. The second-order valence-electron chi connectivity index (χ2n) is 8.92. The van der Waals surface area contributed by atoms with Gasteiger partial charge < -0.3 is 20.1 Å². The fourth-order valence-corrected chi connectivity index (χ4v) is 4.47. The summed E-state index contributed by atoms with van der Waals surface area (Å²) < 4.78 is 5.98. The van der Waals surface area contributed by atoms with Gasteiger partial charge in [-0.25, -0.2) is 9.97 Å². The Bertz CT molecular complexity index is 842. The molecule has 2 fully saturated rings. The van der Waals surface area contributed by atoms with Crippen molar-refractivity contribution in [2.45, 2.75) is 44.8 Å². The summed E-state index contributed by atoms with van der Waals surface area (Å²) in [5.41, 5.74) is 1.36. The molecule has 0 saturated carbocycles. The molecule has 31 heavy (non-hydrogen) atoms. The van der Waals surface area contributed by atoms with E-state index in [2.05, 4.69) is 37.2 Å². The maximum Gasteiger partial charge on any atom is 0.132 e. The monoisotopic (exact) mass is 425 g/mol. The molecule has 0 bridgehead atoms. The van der Waals surface area contributed by atoms with Crippen LogP contribution in [0.2, 0.25) is 0 Å². The Morgan fingerprint density at radius 3 is 2.84 bits per heavy atom. The van der Waals surface area contributed by atoms with E-state index in [1.54, 1.807) is 6.33 Å². The van der Waals surface area contributed by atoms with Crippen molar-refractivity contribution in [1.29, 1.82) is 0 Å². The van der Waals surface area contributed by atoms with Gasteiger partial charge in [0.25, 0.3) is 0 Å². The minimum atomic E-state index is -0.749. The molecular formula is C24H35N5O2. The summed E-state index contributed by atoms with van der Waals surface area (Å²) in [5.74, 6) is 1.80. The van der Waals surface area contributed by atoms with E-state index in [4.69, 9.17) is 4.74 Å². The molecule has 1 atom stereocenters. The summed E-state index contributed by atoms with van der Waals surface area (Å²) in [7, 11) is 0. The lowest BCUT2D eigenvalue weighted by Crippen LogP contribution is -2.43. The van der Waals surface area contributed by atoms with Gasteiger partial charge in [0, 0.05) is 44.5 Å². The van der Waals surface area contributed by atoms with E-state index in [0.29, 0.717) is 19.6 Å². The molecule has 2 aliphatic rings. The van der Waals surface area contributed by atoms with Crippen LogP contribution >= 0.6 is 0 Å².